The maximum Gasteiger partial charge on any atom is 0.303 e. The number of rotatable bonds is 19. The van der Waals surface area contributed by atoms with Gasteiger partial charge < -0.3 is 5.11 Å². The minimum atomic E-state index is -0.656. The summed E-state index contributed by atoms with van der Waals surface area (Å²) >= 11 is 0. The summed E-state index contributed by atoms with van der Waals surface area (Å²) in [5, 5.41) is 8.56. The van der Waals surface area contributed by atoms with E-state index in [1.54, 1.807) is 0 Å². The molecule has 0 aromatic rings. The molecule has 0 spiro atoms. The Bertz CT molecular complexity index is 331. The van der Waals surface area contributed by atoms with E-state index in [1.807, 2.05) is 0 Å². The highest BCUT2D eigenvalue weighted by Gasteiger charge is 1.97. The van der Waals surface area contributed by atoms with Crippen LogP contribution in [0.15, 0.2) is 24.3 Å². The Morgan fingerprint density at radius 1 is 0.640 bits per heavy atom. The fourth-order valence-electron chi connectivity index (χ4n) is 3.09. The molecule has 25 heavy (non-hydrogen) atoms. The molecule has 2 nitrogen and oxygen atoms in total. The number of carbonyl (C=O) groups is 1. The van der Waals surface area contributed by atoms with Crippen LogP contribution in [0.2, 0.25) is 0 Å². The smallest absolute Gasteiger partial charge is 0.303 e. The zero-order valence-corrected chi connectivity index (χ0v) is 16.7. The third-order valence-electron chi connectivity index (χ3n) is 4.69. The summed E-state index contributed by atoms with van der Waals surface area (Å²) in [5.74, 6) is -0.656. The van der Waals surface area contributed by atoms with Gasteiger partial charge in [-0.15, -0.1) is 0 Å². The predicted octanol–water partition coefficient (Wildman–Crippen LogP) is 7.84. The Kier molecular flexibility index (Phi) is 20.1. The van der Waals surface area contributed by atoms with E-state index < -0.39 is 5.97 Å². The molecule has 0 radical (unpaired) electrons. The molecule has 0 atom stereocenters. The van der Waals surface area contributed by atoms with Crippen molar-refractivity contribution in [2.75, 3.05) is 0 Å². The van der Waals surface area contributed by atoms with Crippen LogP contribution in [-0.2, 0) is 4.79 Å². The minimum absolute atomic E-state index is 0.341. The summed E-state index contributed by atoms with van der Waals surface area (Å²) in [5.41, 5.74) is 0. The highest BCUT2D eigenvalue weighted by molar-refractivity contribution is 5.66. The molecule has 0 bridgehead atoms. The Balaban J connectivity index is 3.05. The van der Waals surface area contributed by atoms with Gasteiger partial charge in [-0.25, -0.2) is 0 Å². The van der Waals surface area contributed by atoms with E-state index in [4.69, 9.17) is 5.11 Å². The molecule has 0 rings (SSSR count). The summed E-state index contributed by atoms with van der Waals surface area (Å²) in [6, 6.07) is 0. The largest absolute Gasteiger partial charge is 0.481 e. The summed E-state index contributed by atoms with van der Waals surface area (Å²) in [4.78, 5) is 10.4. The second-order valence-corrected chi connectivity index (χ2v) is 7.16. The van der Waals surface area contributed by atoms with E-state index in [1.165, 1.54) is 83.5 Å². The molecule has 0 aromatic heterocycles. The normalized spacial score (nSPS) is 11.7. The van der Waals surface area contributed by atoms with Gasteiger partial charge >= 0.3 is 5.97 Å². The van der Waals surface area contributed by atoms with Gasteiger partial charge in [0.25, 0.3) is 0 Å². The zero-order valence-electron chi connectivity index (χ0n) is 16.7. The van der Waals surface area contributed by atoms with Gasteiger partial charge in [0, 0.05) is 6.42 Å². The Morgan fingerprint density at radius 3 is 1.52 bits per heavy atom. The van der Waals surface area contributed by atoms with E-state index in [-0.39, 0.29) is 0 Å². The van der Waals surface area contributed by atoms with E-state index in [0.717, 1.165) is 19.3 Å². The van der Waals surface area contributed by atoms with Gasteiger partial charge in [-0.2, -0.15) is 0 Å². The molecule has 0 heterocycles. The molecule has 0 fully saturated rings. The molecule has 0 unspecified atom stereocenters. The van der Waals surface area contributed by atoms with Gasteiger partial charge in [-0.3, -0.25) is 4.79 Å². The average molecular weight is 351 g/mol. The van der Waals surface area contributed by atoms with E-state index in [9.17, 15) is 4.79 Å². The Morgan fingerprint density at radius 2 is 1.08 bits per heavy atom. The van der Waals surface area contributed by atoms with Crippen LogP contribution in [0.3, 0.4) is 0 Å². The van der Waals surface area contributed by atoms with Crippen molar-refractivity contribution in [2.45, 2.75) is 116 Å². The monoisotopic (exact) mass is 350 g/mol. The summed E-state index contributed by atoms with van der Waals surface area (Å²) < 4.78 is 0. The third kappa shape index (κ3) is 22.9. The standard InChI is InChI=1S/C23H42O2/c1-2-3-4-5-6-7-8-9-10-11-12-13-14-15-16-17-18-19-20-21-22-23(24)25/h2-3,5-6H,4,7-22H2,1H3,(H,24,25). The fourth-order valence-corrected chi connectivity index (χ4v) is 3.09. The van der Waals surface area contributed by atoms with Crippen LogP contribution in [0.25, 0.3) is 0 Å². The second kappa shape index (κ2) is 21.0. The van der Waals surface area contributed by atoms with Gasteiger partial charge in [0.2, 0.25) is 0 Å². The summed E-state index contributed by atoms with van der Waals surface area (Å²) in [6.45, 7) is 2.07. The van der Waals surface area contributed by atoms with Gasteiger partial charge in [0.1, 0.15) is 0 Å². The lowest BCUT2D eigenvalue weighted by Gasteiger charge is -2.03. The molecule has 0 aliphatic heterocycles. The fraction of sp³-hybridized carbons (Fsp3) is 0.783. The first-order valence-corrected chi connectivity index (χ1v) is 10.8. The number of carboxylic acids is 1. The Hall–Kier alpha value is -1.05. The highest BCUT2D eigenvalue weighted by atomic mass is 16.4. The SMILES string of the molecule is CC=CCC=CCCCCCCCCCCCCCCCCC(=O)O. The van der Waals surface area contributed by atoms with Crippen molar-refractivity contribution >= 4 is 5.97 Å². The maximum absolute atomic E-state index is 10.4. The van der Waals surface area contributed by atoms with Crippen LogP contribution in [0.5, 0.6) is 0 Å². The number of carboxylic acid groups (broad SMARTS) is 1. The van der Waals surface area contributed by atoms with Crippen molar-refractivity contribution in [3.63, 3.8) is 0 Å². The molecule has 0 aromatic carbocycles. The lowest BCUT2D eigenvalue weighted by atomic mass is 10.0. The lowest BCUT2D eigenvalue weighted by molar-refractivity contribution is -0.137. The van der Waals surface area contributed by atoms with Crippen LogP contribution >= 0.6 is 0 Å². The van der Waals surface area contributed by atoms with Crippen molar-refractivity contribution < 1.29 is 9.90 Å². The molecule has 0 amide bonds. The average Bonchev–Trinajstić information content (AvgIpc) is 2.60. The number of aliphatic carboxylic acids is 1. The maximum atomic E-state index is 10.4. The number of unbranched alkanes of at least 4 members (excludes halogenated alkanes) is 14. The first-order valence-electron chi connectivity index (χ1n) is 10.8. The van der Waals surface area contributed by atoms with E-state index >= 15 is 0 Å². The van der Waals surface area contributed by atoms with Crippen LogP contribution in [0, 0.1) is 0 Å². The number of allylic oxidation sites excluding steroid dienone is 4. The quantitative estimate of drug-likeness (QED) is 0.190. The first kappa shape index (κ1) is 23.9. The van der Waals surface area contributed by atoms with Gasteiger partial charge in [-0.1, -0.05) is 101 Å². The van der Waals surface area contributed by atoms with Gasteiger partial charge in [0.05, 0.1) is 0 Å². The van der Waals surface area contributed by atoms with Crippen LogP contribution in [0.1, 0.15) is 116 Å². The van der Waals surface area contributed by atoms with E-state index in [2.05, 4.69) is 31.2 Å². The third-order valence-corrected chi connectivity index (χ3v) is 4.69. The molecular formula is C23H42O2. The van der Waals surface area contributed by atoms with Crippen molar-refractivity contribution in [3.8, 4) is 0 Å². The van der Waals surface area contributed by atoms with E-state index in [0.29, 0.717) is 6.42 Å². The van der Waals surface area contributed by atoms with Crippen LogP contribution in [0.4, 0.5) is 0 Å². The van der Waals surface area contributed by atoms with Crippen molar-refractivity contribution in [3.05, 3.63) is 24.3 Å². The van der Waals surface area contributed by atoms with Gasteiger partial charge in [0.15, 0.2) is 0 Å². The first-order chi connectivity index (χ1) is 12.3. The molecule has 2 heteroatoms. The molecule has 0 aliphatic carbocycles. The summed E-state index contributed by atoms with van der Waals surface area (Å²) in [6.07, 6.45) is 29.8. The van der Waals surface area contributed by atoms with Crippen LogP contribution < -0.4 is 0 Å². The summed E-state index contributed by atoms with van der Waals surface area (Å²) in [7, 11) is 0. The minimum Gasteiger partial charge on any atom is -0.481 e. The van der Waals surface area contributed by atoms with Gasteiger partial charge in [-0.05, 0) is 32.6 Å². The lowest BCUT2D eigenvalue weighted by Crippen LogP contribution is -1.93. The molecule has 0 saturated heterocycles. The highest BCUT2D eigenvalue weighted by Crippen LogP contribution is 2.13. The second-order valence-electron chi connectivity index (χ2n) is 7.16. The zero-order chi connectivity index (χ0) is 18.4. The van der Waals surface area contributed by atoms with Crippen molar-refractivity contribution in [1.29, 1.82) is 0 Å². The number of hydrogen-bond acceptors (Lipinski definition) is 1. The molecule has 0 aliphatic rings. The van der Waals surface area contributed by atoms with Crippen molar-refractivity contribution in [2.24, 2.45) is 0 Å². The van der Waals surface area contributed by atoms with Crippen LogP contribution in [-0.4, -0.2) is 11.1 Å². The predicted molar refractivity (Wildman–Crippen MR) is 110 cm³/mol. The molecule has 1 N–H and O–H groups in total. The molecule has 146 valence electrons. The van der Waals surface area contributed by atoms with Crippen molar-refractivity contribution in [1.82, 2.24) is 0 Å². The Labute approximate surface area is 156 Å². The molecular weight excluding hydrogens is 308 g/mol. The molecule has 0 saturated carbocycles. The topological polar surface area (TPSA) is 37.3 Å². The number of hydrogen-bond donors (Lipinski definition) is 1.